The number of likely N-dealkylation sites (tertiary alicyclic amines) is 1. The molecule has 2 amide bonds. The summed E-state index contributed by atoms with van der Waals surface area (Å²) in [7, 11) is 1.57. The molecule has 0 unspecified atom stereocenters. The van der Waals surface area contributed by atoms with Gasteiger partial charge in [-0.05, 0) is 19.3 Å². The van der Waals surface area contributed by atoms with Gasteiger partial charge in [0.1, 0.15) is 5.54 Å². The summed E-state index contributed by atoms with van der Waals surface area (Å²) >= 11 is 0. The summed E-state index contributed by atoms with van der Waals surface area (Å²) in [5, 5.41) is 11.9. The average molecular weight is 470 g/mol. The van der Waals surface area contributed by atoms with Crippen molar-refractivity contribution in [1.29, 1.82) is 0 Å². The maximum atomic E-state index is 12.9. The highest BCUT2D eigenvalue weighted by Gasteiger charge is 2.43. The number of amides is 2. The molecule has 190 valence electrons. The number of aliphatic carboxylic acids is 1. The molecule has 0 aromatic heterocycles. The third-order valence-electron chi connectivity index (χ3n) is 5.70. The molecule has 0 spiro atoms. The van der Waals surface area contributed by atoms with Crippen molar-refractivity contribution in [2.24, 2.45) is 11.8 Å². The fraction of sp³-hybridized carbons (Fsp3) is 0.792. The quantitative estimate of drug-likeness (QED) is 0.449. The summed E-state index contributed by atoms with van der Waals surface area (Å²) in [6.45, 7) is 11.9. The Bertz CT molecular complexity index is 682. The number of nitrogens with zero attached hydrogens (tertiary/aromatic N) is 2. The number of carboxylic acids is 1. The molecule has 2 N–H and O–H groups in total. The van der Waals surface area contributed by atoms with Gasteiger partial charge in [-0.1, -0.05) is 41.5 Å². The third kappa shape index (κ3) is 10.5. The van der Waals surface area contributed by atoms with Crippen molar-refractivity contribution in [3.8, 4) is 0 Å². The summed E-state index contributed by atoms with van der Waals surface area (Å²) in [5.74, 6) is -1.89. The van der Waals surface area contributed by atoms with Gasteiger partial charge in [0.25, 0.3) is 0 Å². The first kappa shape index (κ1) is 30.7. The Morgan fingerprint density at radius 1 is 0.970 bits per heavy atom. The van der Waals surface area contributed by atoms with Crippen LogP contribution in [-0.4, -0.2) is 83.0 Å². The SMILES string of the molecule is CC.CC(C)C(=O)CN(C)C(=O)CCCC(=O)NC1(C(=O)C(C)C)CCN(CC(=O)O)CC1. The number of piperidine rings is 1. The second kappa shape index (κ2) is 14.8. The molecule has 0 aliphatic carbocycles. The van der Waals surface area contributed by atoms with Crippen LogP contribution >= 0.6 is 0 Å². The van der Waals surface area contributed by atoms with Gasteiger partial charge in [-0.2, -0.15) is 0 Å². The highest BCUT2D eigenvalue weighted by atomic mass is 16.4. The first-order chi connectivity index (χ1) is 15.4. The Hall–Kier alpha value is -2.29. The molecule has 0 aromatic carbocycles. The molecule has 0 radical (unpaired) electrons. The third-order valence-corrected chi connectivity index (χ3v) is 5.70. The number of nitrogens with one attached hydrogen (secondary N) is 1. The molecule has 1 saturated heterocycles. The molecule has 1 heterocycles. The summed E-state index contributed by atoms with van der Waals surface area (Å²) in [6, 6.07) is 0. The monoisotopic (exact) mass is 469 g/mol. The van der Waals surface area contributed by atoms with Gasteiger partial charge in [-0.15, -0.1) is 0 Å². The minimum absolute atomic E-state index is 0.0167. The molecule has 9 heteroatoms. The number of Topliss-reactive ketones (excluding diaryl/α,β-unsaturated/α-hetero) is 2. The van der Waals surface area contributed by atoms with Gasteiger partial charge in [0.15, 0.2) is 11.6 Å². The van der Waals surface area contributed by atoms with Crippen molar-refractivity contribution < 1.29 is 29.1 Å². The lowest BCUT2D eigenvalue weighted by molar-refractivity contribution is -0.140. The van der Waals surface area contributed by atoms with E-state index in [4.69, 9.17) is 5.11 Å². The van der Waals surface area contributed by atoms with Gasteiger partial charge in [0, 0.05) is 44.8 Å². The van der Waals surface area contributed by atoms with Crippen LogP contribution in [0.15, 0.2) is 0 Å². The van der Waals surface area contributed by atoms with Gasteiger partial charge in [-0.3, -0.25) is 28.9 Å². The van der Waals surface area contributed by atoms with Crippen LogP contribution in [0.25, 0.3) is 0 Å². The average Bonchev–Trinajstić information content (AvgIpc) is 2.75. The van der Waals surface area contributed by atoms with Crippen LogP contribution in [0, 0.1) is 11.8 Å². The highest BCUT2D eigenvalue weighted by Crippen LogP contribution is 2.27. The smallest absolute Gasteiger partial charge is 0.317 e. The molecular formula is C24H43N3O6. The Kier molecular flexibility index (Phi) is 13.8. The molecule has 1 aliphatic heterocycles. The van der Waals surface area contributed by atoms with Crippen molar-refractivity contribution in [3.63, 3.8) is 0 Å². The Labute approximate surface area is 198 Å². The molecule has 9 nitrogen and oxygen atoms in total. The number of ketones is 2. The van der Waals surface area contributed by atoms with E-state index in [1.807, 2.05) is 13.8 Å². The maximum absolute atomic E-state index is 12.9. The van der Waals surface area contributed by atoms with Crippen LogP contribution < -0.4 is 5.32 Å². The first-order valence-electron chi connectivity index (χ1n) is 11.9. The Morgan fingerprint density at radius 2 is 1.52 bits per heavy atom. The van der Waals surface area contributed by atoms with Gasteiger partial charge >= 0.3 is 5.97 Å². The van der Waals surface area contributed by atoms with Crippen LogP contribution in [0.1, 0.15) is 73.6 Å². The second-order valence-corrected chi connectivity index (χ2v) is 9.04. The Balaban J connectivity index is 0.00000497. The molecule has 33 heavy (non-hydrogen) atoms. The molecule has 0 saturated carbocycles. The highest BCUT2D eigenvalue weighted by molar-refractivity contribution is 5.94. The van der Waals surface area contributed by atoms with E-state index in [9.17, 15) is 24.0 Å². The van der Waals surface area contributed by atoms with E-state index in [0.29, 0.717) is 32.4 Å². The molecule has 1 fully saturated rings. The van der Waals surface area contributed by atoms with E-state index in [1.54, 1.807) is 39.6 Å². The lowest BCUT2D eigenvalue weighted by atomic mass is 9.79. The summed E-state index contributed by atoms with van der Waals surface area (Å²) in [6.07, 6.45) is 1.29. The van der Waals surface area contributed by atoms with Crippen molar-refractivity contribution in [3.05, 3.63) is 0 Å². The number of hydrogen-bond acceptors (Lipinski definition) is 6. The van der Waals surface area contributed by atoms with Crippen LogP contribution in [0.4, 0.5) is 0 Å². The van der Waals surface area contributed by atoms with Gasteiger partial charge in [-0.25, -0.2) is 0 Å². The zero-order chi connectivity index (χ0) is 25.8. The fourth-order valence-corrected chi connectivity index (χ4v) is 3.69. The van der Waals surface area contributed by atoms with Crippen LogP contribution in [-0.2, 0) is 24.0 Å². The Morgan fingerprint density at radius 3 is 1.97 bits per heavy atom. The number of hydrogen-bond donors (Lipinski definition) is 2. The molecular weight excluding hydrogens is 426 g/mol. The first-order valence-corrected chi connectivity index (χ1v) is 11.9. The standard InChI is InChI=1S/C22H37N3O6.C2H6/c1-15(2)17(26)13-24(5)19(28)8-6-7-18(27)23-22(21(31)16(3)4)9-11-25(12-10-22)14-20(29)30;1-2/h15-16H,6-14H2,1-5H3,(H,23,27)(H,29,30);1-2H3. The summed E-state index contributed by atoms with van der Waals surface area (Å²) in [4.78, 5) is 63.5. The molecule has 0 bridgehead atoms. The molecule has 1 aliphatic rings. The van der Waals surface area contributed by atoms with Gasteiger partial charge in [0.05, 0.1) is 13.1 Å². The molecule has 0 atom stereocenters. The topological polar surface area (TPSA) is 124 Å². The van der Waals surface area contributed by atoms with Crippen molar-refractivity contribution in [2.75, 3.05) is 33.2 Å². The lowest BCUT2D eigenvalue weighted by Gasteiger charge is -2.41. The predicted octanol–water partition coefficient (Wildman–Crippen LogP) is 2.13. The van der Waals surface area contributed by atoms with Crippen LogP contribution in [0.5, 0.6) is 0 Å². The second-order valence-electron chi connectivity index (χ2n) is 9.04. The zero-order valence-corrected chi connectivity index (χ0v) is 21.4. The van der Waals surface area contributed by atoms with Gasteiger partial charge < -0.3 is 15.3 Å². The van der Waals surface area contributed by atoms with Crippen molar-refractivity contribution in [1.82, 2.24) is 15.1 Å². The summed E-state index contributed by atoms with van der Waals surface area (Å²) in [5.41, 5.74) is -0.995. The fourth-order valence-electron chi connectivity index (χ4n) is 3.69. The van der Waals surface area contributed by atoms with Crippen LogP contribution in [0.3, 0.4) is 0 Å². The van der Waals surface area contributed by atoms with Crippen molar-refractivity contribution >= 4 is 29.4 Å². The molecule has 1 rings (SSSR count). The predicted molar refractivity (Wildman–Crippen MR) is 127 cm³/mol. The number of likely N-dealkylation sites (N-methyl/N-ethyl adjacent to an activating group) is 1. The zero-order valence-electron chi connectivity index (χ0n) is 21.4. The number of carboxylic acid groups (broad SMARTS) is 1. The minimum atomic E-state index is -0.995. The number of carbonyl (C=O) groups excluding carboxylic acids is 4. The largest absolute Gasteiger partial charge is 0.480 e. The van der Waals surface area contributed by atoms with E-state index in [0.717, 1.165) is 0 Å². The normalized spacial score (nSPS) is 15.4. The summed E-state index contributed by atoms with van der Waals surface area (Å²) < 4.78 is 0. The number of rotatable bonds is 12. The van der Waals surface area contributed by atoms with Gasteiger partial charge in [0.2, 0.25) is 11.8 Å². The van der Waals surface area contributed by atoms with Crippen LogP contribution in [0.2, 0.25) is 0 Å². The molecule has 0 aromatic rings. The van der Waals surface area contributed by atoms with E-state index in [-0.39, 0.29) is 61.1 Å². The number of carbonyl (C=O) groups is 5. The lowest BCUT2D eigenvalue weighted by Crippen LogP contribution is -2.61. The van der Waals surface area contributed by atoms with E-state index in [1.165, 1.54) is 4.90 Å². The maximum Gasteiger partial charge on any atom is 0.317 e. The van der Waals surface area contributed by atoms with E-state index in [2.05, 4.69) is 5.32 Å². The van der Waals surface area contributed by atoms with E-state index >= 15 is 0 Å². The van der Waals surface area contributed by atoms with Crippen molar-refractivity contribution in [2.45, 2.75) is 79.2 Å². The minimum Gasteiger partial charge on any atom is -0.480 e. The van der Waals surface area contributed by atoms with E-state index < -0.39 is 11.5 Å².